The van der Waals surface area contributed by atoms with Crippen LogP contribution in [0.2, 0.25) is 0 Å². The summed E-state index contributed by atoms with van der Waals surface area (Å²) in [6.45, 7) is 0. The number of aromatic nitrogens is 1. The molecule has 13 heavy (non-hydrogen) atoms. The van der Waals surface area contributed by atoms with E-state index in [1.807, 2.05) is 12.1 Å². The Morgan fingerprint density at radius 2 is 2.00 bits per heavy atom. The summed E-state index contributed by atoms with van der Waals surface area (Å²) in [5, 5.41) is 1.66. The number of benzene rings is 1. The maximum Gasteiger partial charge on any atom is 0.121 e. The second-order valence-electron chi connectivity index (χ2n) is 2.57. The zero-order chi connectivity index (χ0) is 9.26. The molecule has 1 atom stereocenters. The molecule has 1 aromatic carbocycles. The number of nitrogens with zero attached hydrogens (tertiary/aromatic N) is 1. The van der Waals surface area contributed by atoms with E-state index in [-0.39, 0.29) is 5.03 Å². The second-order valence-corrected chi connectivity index (χ2v) is 3.43. The van der Waals surface area contributed by atoms with Crippen molar-refractivity contribution in [1.82, 2.24) is 4.98 Å². The molecule has 3 nitrogen and oxygen atoms in total. The van der Waals surface area contributed by atoms with Gasteiger partial charge in [-0.1, -0.05) is 24.3 Å². The molecule has 66 valence electrons. The molecule has 0 aliphatic carbocycles. The lowest BCUT2D eigenvalue weighted by molar-refractivity contribution is 0.534. The van der Waals surface area contributed by atoms with Crippen molar-refractivity contribution in [1.29, 1.82) is 0 Å². The van der Waals surface area contributed by atoms with Crippen LogP contribution in [-0.2, 0) is 11.1 Å². The molecule has 0 aliphatic rings. The zero-order valence-corrected chi connectivity index (χ0v) is 7.45. The molecule has 1 heterocycles. The Morgan fingerprint density at radius 3 is 2.77 bits per heavy atom. The highest BCUT2D eigenvalue weighted by Gasteiger charge is 2.00. The Kier molecular flexibility index (Phi) is 2.08. The van der Waals surface area contributed by atoms with Gasteiger partial charge in [0.1, 0.15) is 5.03 Å². The normalized spacial score (nSPS) is 13.0. The fourth-order valence-electron chi connectivity index (χ4n) is 1.22. The van der Waals surface area contributed by atoms with Crippen molar-refractivity contribution in [2.24, 2.45) is 0 Å². The van der Waals surface area contributed by atoms with Crippen molar-refractivity contribution in [2.45, 2.75) is 5.03 Å². The van der Waals surface area contributed by atoms with Gasteiger partial charge in [0.05, 0.1) is 0 Å². The van der Waals surface area contributed by atoms with E-state index in [2.05, 4.69) is 4.98 Å². The molecule has 0 amide bonds. The van der Waals surface area contributed by atoms with Gasteiger partial charge >= 0.3 is 0 Å². The van der Waals surface area contributed by atoms with Crippen molar-refractivity contribution in [3.8, 4) is 0 Å². The molecule has 0 saturated heterocycles. The Hall–Kier alpha value is -1.26. The summed E-state index contributed by atoms with van der Waals surface area (Å²) in [6, 6.07) is 9.03. The summed E-state index contributed by atoms with van der Waals surface area (Å²) in [5.41, 5.74) is 0. The van der Waals surface area contributed by atoms with Crippen molar-refractivity contribution in [3.63, 3.8) is 0 Å². The maximum atomic E-state index is 10.8. The lowest BCUT2D eigenvalue weighted by Crippen LogP contribution is -1.93. The fraction of sp³-hybridized carbons (Fsp3) is 0. The highest BCUT2D eigenvalue weighted by Crippen LogP contribution is 2.17. The van der Waals surface area contributed by atoms with E-state index in [0.29, 0.717) is 5.39 Å². The number of hydrogen-bond donors (Lipinski definition) is 0. The lowest BCUT2D eigenvalue weighted by atomic mass is 10.2. The second kappa shape index (κ2) is 3.24. The lowest BCUT2D eigenvalue weighted by Gasteiger charge is -2.06. The Balaban J connectivity index is 2.83. The monoisotopic (exact) mass is 192 g/mol. The van der Waals surface area contributed by atoms with Crippen LogP contribution in [0.5, 0.6) is 0 Å². The minimum Gasteiger partial charge on any atom is -0.767 e. The molecular formula is C9H6NO2S-. The van der Waals surface area contributed by atoms with Gasteiger partial charge in [-0.2, -0.15) is 0 Å². The third-order valence-electron chi connectivity index (χ3n) is 1.79. The van der Waals surface area contributed by atoms with Crippen molar-refractivity contribution < 1.29 is 8.76 Å². The van der Waals surface area contributed by atoms with Crippen LogP contribution in [0.15, 0.2) is 41.6 Å². The van der Waals surface area contributed by atoms with Gasteiger partial charge in [-0.05, 0) is 22.5 Å². The van der Waals surface area contributed by atoms with Crippen molar-refractivity contribution in [3.05, 3.63) is 36.5 Å². The molecule has 0 aliphatic heterocycles. The van der Waals surface area contributed by atoms with Gasteiger partial charge in [-0.25, -0.2) is 4.98 Å². The van der Waals surface area contributed by atoms with Crippen LogP contribution in [0.3, 0.4) is 0 Å². The average Bonchev–Trinajstić information content (AvgIpc) is 2.17. The van der Waals surface area contributed by atoms with Gasteiger partial charge < -0.3 is 4.55 Å². The van der Waals surface area contributed by atoms with Gasteiger partial charge in [-0.15, -0.1) is 0 Å². The molecule has 2 aromatic rings. The van der Waals surface area contributed by atoms with Gasteiger partial charge in [0, 0.05) is 11.6 Å². The van der Waals surface area contributed by atoms with E-state index in [1.54, 1.807) is 18.2 Å². The highest BCUT2D eigenvalue weighted by atomic mass is 32.2. The standard InChI is InChI=1S/C9H7NO2S/c11-13(12)9-8-4-2-1-3-7(8)5-6-10-9/h1-6H,(H,11,12)/p-1. The molecule has 0 bridgehead atoms. The van der Waals surface area contributed by atoms with Gasteiger partial charge in [0.25, 0.3) is 0 Å². The van der Waals surface area contributed by atoms with Gasteiger partial charge in [0.15, 0.2) is 0 Å². The van der Waals surface area contributed by atoms with Gasteiger partial charge in [-0.3, -0.25) is 4.21 Å². The Morgan fingerprint density at radius 1 is 1.23 bits per heavy atom. The van der Waals surface area contributed by atoms with Crippen LogP contribution in [-0.4, -0.2) is 13.7 Å². The summed E-state index contributed by atoms with van der Waals surface area (Å²) in [7, 11) is 0. The largest absolute Gasteiger partial charge is 0.767 e. The quantitative estimate of drug-likeness (QED) is 0.643. The third kappa shape index (κ3) is 1.46. The molecule has 0 N–H and O–H groups in total. The van der Waals surface area contributed by atoms with E-state index >= 15 is 0 Å². The first-order valence-electron chi connectivity index (χ1n) is 3.72. The molecule has 2 rings (SSSR count). The number of hydrogen-bond acceptors (Lipinski definition) is 3. The molecule has 0 radical (unpaired) electrons. The number of rotatable bonds is 1. The van der Waals surface area contributed by atoms with Crippen LogP contribution in [0.25, 0.3) is 10.8 Å². The van der Waals surface area contributed by atoms with Crippen molar-refractivity contribution >= 4 is 21.9 Å². The maximum absolute atomic E-state index is 10.8. The van der Waals surface area contributed by atoms with E-state index in [0.717, 1.165) is 5.39 Å². The minimum atomic E-state index is -2.26. The molecule has 0 spiro atoms. The minimum absolute atomic E-state index is 0.109. The van der Waals surface area contributed by atoms with Crippen molar-refractivity contribution in [2.75, 3.05) is 0 Å². The van der Waals surface area contributed by atoms with Crippen LogP contribution >= 0.6 is 0 Å². The predicted molar refractivity (Wildman–Crippen MR) is 48.9 cm³/mol. The van der Waals surface area contributed by atoms with Crippen LogP contribution < -0.4 is 0 Å². The first-order valence-corrected chi connectivity index (χ1v) is 4.79. The Bertz CT molecular complexity index is 465. The first-order chi connectivity index (χ1) is 6.29. The molecule has 1 unspecified atom stereocenters. The van der Waals surface area contributed by atoms with Crippen LogP contribution in [0, 0.1) is 0 Å². The number of pyridine rings is 1. The highest BCUT2D eigenvalue weighted by molar-refractivity contribution is 7.79. The summed E-state index contributed by atoms with van der Waals surface area (Å²) in [4.78, 5) is 3.79. The van der Waals surface area contributed by atoms with Crippen LogP contribution in [0.4, 0.5) is 0 Å². The van der Waals surface area contributed by atoms with E-state index in [4.69, 9.17) is 0 Å². The summed E-state index contributed by atoms with van der Waals surface area (Å²) in [6.07, 6.45) is 1.49. The number of fused-ring (bicyclic) bond motifs is 1. The molecule has 4 heteroatoms. The molecular weight excluding hydrogens is 186 g/mol. The summed E-state index contributed by atoms with van der Waals surface area (Å²) < 4.78 is 21.5. The summed E-state index contributed by atoms with van der Waals surface area (Å²) in [5.74, 6) is 0. The molecule has 1 aromatic heterocycles. The van der Waals surface area contributed by atoms with E-state index in [9.17, 15) is 8.76 Å². The topological polar surface area (TPSA) is 53.0 Å². The van der Waals surface area contributed by atoms with E-state index in [1.165, 1.54) is 6.20 Å². The molecule has 0 fully saturated rings. The molecule has 0 saturated carbocycles. The zero-order valence-electron chi connectivity index (χ0n) is 6.64. The van der Waals surface area contributed by atoms with Crippen LogP contribution in [0.1, 0.15) is 0 Å². The van der Waals surface area contributed by atoms with E-state index < -0.39 is 11.1 Å². The summed E-state index contributed by atoms with van der Waals surface area (Å²) >= 11 is -2.26. The predicted octanol–water partition coefficient (Wildman–Crippen LogP) is 1.47. The Labute approximate surface area is 77.7 Å². The SMILES string of the molecule is O=S([O-])c1nccc2ccccc12. The average molecular weight is 192 g/mol. The third-order valence-corrected chi connectivity index (χ3v) is 2.44. The fourth-order valence-corrected chi connectivity index (χ4v) is 1.74. The first kappa shape index (κ1) is 8.34. The van der Waals surface area contributed by atoms with Gasteiger partial charge in [0.2, 0.25) is 0 Å². The smallest absolute Gasteiger partial charge is 0.121 e.